The highest BCUT2D eigenvalue weighted by Gasteiger charge is 2.21. The molecule has 1 heterocycles. The fraction of sp³-hybridized carbons (Fsp3) is 0.556. The van der Waals surface area contributed by atoms with E-state index >= 15 is 0 Å². The summed E-state index contributed by atoms with van der Waals surface area (Å²) in [6.07, 6.45) is 1.94. The summed E-state index contributed by atoms with van der Waals surface area (Å²) in [5.74, 6) is 0.771. The molecule has 1 aromatic heterocycles. The molecule has 0 amide bonds. The highest BCUT2D eigenvalue weighted by molar-refractivity contribution is 7.98. The van der Waals surface area contributed by atoms with Crippen molar-refractivity contribution >= 4 is 33.1 Å². The van der Waals surface area contributed by atoms with Crippen LogP contribution in [0.1, 0.15) is 4.88 Å². The van der Waals surface area contributed by atoms with Gasteiger partial charge in [-0.15, -0.1) is 11.3 Å². The average molecular weight is 281 g/mol. The molecule has 0 aliphatic carbocycles. The molecular formula is C9H15NO3S3. The monoisotopic (exact) mass is 281 g/mol. The lowest BCUT2D eigenvalue weighted by atomic mass is 10.5. The highest BCUT2D eigenvalue weighted by Crippen LogP contribution is 2.22. The van der Waals surface area contributed by atoms with Crippen LogP contribution >= 0.6 is 23.1 Å². The molecule has 92 valence electrons. The lowest BCUT2D eigenvalue weighted by molar-refractivity contribution is 0.285. The van der Waals surface area contributed by atoms with Gasteiger partial charge in [0, 0.05) is 29.6 Å². The van der Waals surface area contributed by atoms with E-state index in [0.717, 1.165) is 5.75 Å². The molecule has 0 spiro atoms. The number of thiophene rings is 1. The normalized spacial score (nSPS) is 12.2. The first-order valence-corrected chi connectivity index (χ1v) is 8.37. The van der Waals surface area contributed by atoms with E-state index in [-0.39, 0.29) is 11.5 Å². The zero-order valence-electron chi connectivity index (χ0n) is 9.21. The molecule has 0 aliphatic rings. The number of hydrogen-bond donors (Lipinski definition) is 1. The number of nitrogens with zero attached hydrogens (tertiary/aromatic N) is 1. The van der Waals surface area contributed by atoms with Gasteiger partial charge < -0.3 is 5.11 Å². The molecule has 1 aromatic rings. The number of aliphatic hydroxyl groups excluding tert-OH is 1. The van der Waals surface area contributed by atoms with Gasteiger partial charge in [0.15, 0.2) is 0 Å². The standard InChI is InChI=1S/C9H15NO3S3/c1-10(3-4-14-2)16(12,13)9-5-8(6-11)15-7-9/h5,7,11H,3-4,6H2,1-2H3. The number of aliphatic hydroxyl groups is 1. The van der Waals surface area contributed by atoms with Gasteiger partial charge >= 0.3 is 0 Å². The summed E-state index contributed by atoms with van der Waals surface area (Å²) in [4.78, 5) is 0.932. The summed E-state index contributed by atoms with van der Waals surface area (Å²) in [5, 5.41) is 10.5. The summed E-state index contributed by atoms with van der Waals surface area (Å²) in [5.41, 5.74) is 0. The molecule has 0 unspecified atom stereocenters. The van der Waals surface area contributed by atoms with Crippen LogP contribution in [0.5, 0.6) is 0 Å². The topological polar surface area (TPSA) is 57.6 Å². The van der Waals surface area contributed by atoms with Gasteiger partial charge in [0.2, 0.25) is 10.0 Å². The van der Waals surface area contributed by atoms with E-state index < -0.39 is 10.0 Å². The third-order valence-electron chi connectivity index (χ3n) is 2.10. The molecule has 1 rings (SSSR count). The van der Waals surface area contributed by atoms with Crippen LogP contribution in [0.25, 0.3) is 0 Å². The van der Waals surface area contributed by atoms with Crippen molar-refractivity contribution in [3.05, 3.63) is 16.3 Å². The van der Waals surface area contributed by atoms with Crippen LogP contribution in [0.15, 0.2) is 16.3 Å². The van der Waals surface area contributed by atoms with Crippen molar-refractivity contribution in [2.45, 2.75) is 11.5 Å². The quantitative estimate of drug-likeness (QED) is 0.852. The second-order valence-corrected chi connectivity index (χ2v) is 7.25. The first kappa shape index (κ1) is 14.0. The fourth-order valence-corrected chi connectivity index (χ4v) is 3.96. The Hall–Kier alpha value is -0.0800. The minimum atomic E-state index is -3.38. The Morgan fingerprint density at radius 2 is 2.25 bits per heavy atom. The first-order valence-electron chi connectivity index (χ1n) is 4.66. The van der Waals surface area contributed by atoms with Crippen LogP contribution in [0, 0.1) is 0 Å². The van der Waals surface area contributed by atoms with Crippen molar-refractivity contribution in [1.82, 2.24) is 4.31 Å². The number of hydrogen-bond acceptors (Lipinski definition) is 5. The minimum absolute atomic E-state index is 0.116. The molecule has 0 saturated heterocycles. The Morgan fingerprint density at radius 3 is 2.75 bits per heavy atom. The number of thioether (sulfide) groups is 1. The lowest BCUT2D eigenvalue weighted by Gasteiger charge is -2.15. The third-order valence-corrected chi connectivity index (χ3v) is 5.60. The van der Waals surface area contributed by atoms with Gasteiger partial charge in [0.25, 0.3) is 0 Å². The molecule has 0 bridgehead atoms. The van der Waals surface area contributed by atoms with Crippen molar-refractivity contribution in [3.63, 3.8) is 0 Å². The van der Waals surface area contributed by atoms with Crippen molar-refractivity contribution in [2.24, 2.45) is 0 Å². The van der Waals surface area contributed by atoms with E-state index in [9.17, 15) is 8.42 Å². The van der Waals surface area contributed by atoms with Gasteiger partial charge in [0.1, 0.15) is 0 Å². The molecule has 4 nitrogen and oxygen atoms in total. The van der Waals surface area contributed by atoms with E-state index in [1.807, 2.05) is 6.26 Å². The molecule has 0 aliphatic heterocycles. The van der Waals surface area contributed by atoms with Gasteiger partial charge in [-0.05, 0) is 12.3 Å². The Morgan fingerprint density at radius 1 is 1.56 bits per heavy atom. The molecule has 7 heteroatoms. The molecule has 0 radical (unpaired) electrons. The van der Waals surface area contributed by atoms with Crippen molar-refractivity contribution < 1.29 is 13.5 Å². The maximum absolute atomic E-state index is 12.0. The molecular weight excluding hydrogens is 266 g/mol. The molecule has 0 saturated carbocycles. The van der Waals surface area contributed by atoms with Gasteiger partial charge in [-0.25, -0.2) is 12.7 Å². The lowest BCUT2D eigenvalue weighted by Crippen LogP contribution is -2.28. The van der Waals surface area contributed by atoms with Crippen LogP contribution in [-0.2, 0) is 16.6 Å². The van der Waals surface area contributed by atoms with Gasteiger partial charge in [0.05, 0.1) is 11.5 Å². The SMILES string of the molecule is CSCCN(C)S(=O)(=O)c1csc(CO)c1. The minimum Gasteiger partial charge on any atom is -0.391 e. The number of sulfonamides is 1. The molecule has 16 heavy (non-hydrogen) atoms. The molecule has 0 fully saturated rings. The second kappa shape index (κ2) is 6.02. The van der Waals surface area contributed by atoms with Crippen molar-refractivity contribution in [2.75, 3.05) is 25.6 Å². The van der Waals surface area contributed by atoms with E-state index in [2.05, 4.69) is 0 Å². The predicted molar refractivity (Wildman–Crippen MR) is 68.4 cm³/mol. The van der Waals surface area contributed by atoms with Crippen LogP contribution in [0.4, 0.5) is 0 Å². The molecule has 0 aromatic carbocycles. The Balaban J connectivity index is 2.84. The van der Waals surface area contributed by atoms with Crippen LogP contribution in [-0.4, -0.2) is 43.4 Å². The van der Waals surface area contributed by atoms with E-state index in [4.69, 9.17) is 5.11 Å². The second-order valence-electron chi connectivity index (χ2n) is 3.23. The Labute approximate surface area is 104 Å². The summed E-state index contributed by atoms with van der Waals surface area (Å²) < 4.78 is 25.4. The van der Waals surface area contributed by atoms with Gasteiger partial charge in [-0.3, -0.25) is 0 Å². The Bertz CT molecular complexity index is 427. The van der Waals surface area contributed by atoms with Crippen molar-refractivity contribution in [3.8, 4) is 0 Å². The van der Waals surface area contributed by atoms with Crippen molar-refractivity contribution in [1.29, 1.82) is 0 Å². The maximum Gasteiger partial charge on any atom is 0.243 e. The van der Waals surface area contributed by atoms with Gasteiger partial charge in [-0.1, -0.05) is 0 Å². The third kappa shape index (κ3) is 3.21. The van der Waals surface area contributed by atoms with E-state index in [0.29, 0.717) is 11.4 Å². The average Bonchev–Trinajstić information content (AvgIpc) is 2.74. The maximum atomic E-state index is 12.0. The smallest absolute Gasteiger partial charge is 0.243 e. The van der Waals surface area contributed by atoms with Crippen LogP contribution in [0.2, 0.25) is 0 Å². The fourth-order valence-electron chi connectivity index (χ4n) is 1.10. The van der Waals surface area contributed by atoms with E-state index in [1.165, 1.54) is 21.7 Å². The zero-order chi connectivity index (χ0) is 12.2. The summed E-state index contributed by atoms with van der Waals surface area (Å²) >= 11 is 2.86. The first-order chi connectivity index (χ1) is 7.52. The zero-order valence-corrected chi connectivity index (χ0v) is 11.7. The molecule has 1 N–H and O–H groups in total. The van der Waals surface area contributed by atoms with Crippen LogP contribution < -0.4 is 0 Å². The number of rotatable bonds is 6. The summed E-state index contributed by atoms with van der Waals surface area (Å²) in [7, 11) is -1.81. The van der Waals surface area contributed by atoms with Gasteiger partial charge in [-0.2, -0.15) is 11.8 Å². The van der Waals surface area contributed by atoms with Crippen LogP contribution in [0.3, 0.4) is 0 Å². The largest absolute Gasteiger partial charge is 0.391 e. The molecule has 0 atom stereocenters. The van der Waals surface area contributed by atoms with E-state index in [1.54, 1.807) is 24.2 Å². The predicted octanol–water partition coefficient (Wildman–Crippen LogP) is 1.22. The highest BCUT2D eigenvalue weighted by atomic mass is 32.2. The Kier molecular flexibility index (Phi) is 5.26. The summed E-state index contributed by atoms with van der Waals surface area (Å²) in [6.45, 7) is 0.377. The summed E-state index contributed by atoms with van der Waals surface area (Å²) in [6, 6.07) is 1.52.